The molecule has 8 heteroatoms. The Morgan fingerprint density at radius 1 is 0.968 bits per heavy atom. The highest BCUT2D eigenvalue weighted by Gasteiger charge is 2.36. The van der Waals surface area contributed by atoms with Crippen molar-refractivity contribution in [3.05, 3.63) is 89.4 Å². The molecule has 2 aromatic carbocycles. The molecule has 4 rings (SSSR count). The third kappa shape index (κ3) is 3.95. The van der Waals surface area contributed by atoms with Gasteiger partial charge in [-0.05, 0) is 42.5 Å². The van der Waals surface area contributed by atoms with Crippen LogP contribution in [0.4, 0.5) is 5.69 Å². The van der Waals surface area contributed by atoms with E-state index < -0.39 is 30.3 Å². The summed E-state index contributed by atoms with van der Waals surface area (Å²) < 4.78 is 10.3. The number of carbonyl (C=O) groups excluding carboxylic acids is 4. The van der Waals surface area contributed by atoms with E-state index in [0.29, 0.717) is 11.4 Å². The molecule has 0 aliphatic carbocycles. The SMILES string of the molecule is CN(C(=O)COC(=O)c1ccc2c(c1)C(=O)N(Cc1ccco1)C2=O)c1ccccc1. The van der Waals surface area contributed by atoms with Gasteiger partial charge in [-0.3, -0.25) is 19.3 Å². The smallest absolute Gasteiger partial charge is 0.338 e. The summed E-state index contributed by atoms with van der Waals surface area (Å²) in [6.07, 6.45) is 1.46. The van der Waals surface area contributed by atoms with Crippen LogP contribution in [-0.4, -0.2) is 42.2 Å². The summed E-state index contributed by atoms with van der Waals surface area (Å²) in [5, 5.41) is 0. The molecule has 0 unspecified atom stereocenters. The number of esters is 1. The van der Waals surface area contributed by atoms with E-state index in [4.69, 9.17) is 9.15 Å². The van der Waals surface area contributed by atoms with E-state index in [1.807, 2.05) is 6.07 Å². The molecule has 8 nitrogen and oxygen atoms in total. The second kappa shape index (κ2) is 8.27. The van der Waals surface area contributed by atoms with Crippen LogP contribution >= 0.6 is 0 Å². The van der Waals surface area contributed by atoms with Gasteiger partial charge in [0.15, 0.2) is 6.61 Å². The van der Waals surface area contributed by atoms with Crippen molar-refractivity contribution in [3.63, 3.8) is 0 Å². The Balaban J connectivity index is 1.43. The lowest BCUT2D eigenvalue weighted by atomic mass is 10.1. The van der Waals surface area contributed by atoms with Crippen molar-refractivity contribution in [1.82, 2.24) is 4.90 Å². The minimum atomic E-state index is -0.762. The average molecular weight is 418 g/mol. The number of anilines is 1. The number of amides is 3. The number of likely N-dealkylation sites (N-methyl/N-ethyl adjacent to an activating group) is 1. The van der Waals surface area contributed by atoms with E-state index >= 15 is 0 Å². The van der Waals surface area contributed by atoms with Crippen LogP contribution in [-0.2, 0) is 16.1 Å². The molecule has 156 valence electrons. The first-order valence-electron chi connectivity index (χ1n) is 9.47. The molecule has 0 fully saturated rings. The predicted octanol–water partition coefficient (Wildman–Crippen LogP) is 2.90. The van der Waals surface area contributed by atoms with E-state index in [1.54, 1.807) is 43.4 Å². The molecule has 0 spiro atoms. The fourth-order valence-corrected chi connectivity index (χ4v) is 3.22. The number of fused-ring (bicyclic) bond motifs is 1. The Kier molecular flexibility index (Phi) is 5.36. The first-order valence-corrected chi connectivity index (χ1v) is 9.47. The lowest BCUT2D eigenvalue weighted by molar-refractivity contribution is -0.121. The zero-order chi connectivity index (χ0) is 22.0. The van der Waals surface area contributed by atoms with Gasteiger partial charge in [-0.2, -0.15) is 0 Å². The summed E-state index contributed by atoms with van der Waals surface area (Å²) in [5.74, 6) is -1.68. The van der Waals surface area contributed by atoms with Gasteiger partial charge < -0.3 is 14.1 Å². The van der Waals surface area contributed by atoms with Gasteiger partial charge in [0.1, 0.15) is 5.76 Å². The largest absolute Gasteiger partial charge is 0.467 e. The number of hydrogen-bond donors (Lipinski definition) is 0. The van der Waals surface area contributed by atoms with Crippen LogP contribution in [0.5, 0.6) is 0 Å². The number of benzene rings is 2. The van der Waals surface area contributed by atoms with Crippen LogP contribution in [0.15, 0.2) is 71.3 Å². The van der Waals surface area contributed by atoms with Crippen LogP contribution in [0.25, 0.3) is 0 Å². The first-order chi connectivity index (χ1) is 15.0. The minimum Gasteiger partial charge on any atom is -0.467 e. The van der Waals surface area contributed by atoms with Crippen LogP contribution in [0, 0.1) is 0 Å². The Labute approximate surface area is 177 Å². The molecule has 1 aliphatic heterocycles. The minimum absolute atomic E-state index is 0.000547. The van der Waals surface area contributed by atoms with Crippen LogP contribution in [0.3, 0.4) is 0 Å². The van der Waals surface area contributed by atoms with Crippen molar-refractivity contribution in [3.8, 4) is 0 Å². The van der Waals surface area contributed by atoms with Crippen molar-refractivity contribution < 1.29 is 28.3 Å². The molecule has 0 saturated carbocycles. The van der Waals surface area contributed by atoms with Gasteiger partial charge in [0.2, 0.25) is 0 Å². The Hall–Kier alpha value is -4.20. The number of imide groups is 1. The topological polar surface area (TPSA) is 97.1 Å². The summed E-state index contributed by atoms with van der Waals surface area (Å²) in [5.41, 5.74) is 1.06. The monoisotopic (exact) mass is 418 g/mol. The van der Waals surface area contributed by atoms with E-state index in [0.717, 1.165) is 4.90 Å². The predicted molar refractivity (Wildman–Crippen MR) is 109 cm³/mol. The number of furan rings is 1. The summed E-state index contributed by atoms with van der Waals surface area (Å²) in [4.78, 5) is 52.3. The molecule has 0 atom stereocenters. The zero-order valence-electron chi connectivity index (χ0n) is 16.6. The molecule has 3 aromatic rings. The molecule has 3 amide bonds. The van der Waals surface area contributed by atoms with Crippen molar-refractivity contribution >= 4 is 29.4 Å². The van der Waals surface area contributed by atoms with Gasteiger partial charge in [-0.1, -0.05) is 18.2 Å². The Morgan fingerprint density at radius 3 is 2.42 bits per heavy atom. The van der Waals surface area contributed by atoms with Crippen molar-refractivity contribution in [2.75, 3.05) is 18.6 Å². The van der Waals surface area contributed by atoms with E-state index in [-0.39, 0.29) is 23.2 Å². The molecular weight excluding hydrogens is 400 g/mol. The van der Waals surface area contributed by atoms with Gasteiger partial charge in [-0.25, -0.2) is 4.79 Å². The maximum Gasteiger partial charge on any atom is 0.338 e. The highest BCUT2D eigenvalue weighted by molar-refractivity contribution is 6.21. The van der Waals surface area contributed by atoms with Gasteiger partial charge in [0.25, 0.3) is 17.7 Å². The lowest BCUT2D eigenvalue weighted by Gasteiger charge is -2.17. The maximum absolute atomic E-state index is 12.7. The normalized spacial score (nSPS) is 12.6. The third-order valence-electron chi connectivity index (χ3n) is 4.94. The van der Waals surface area contributed by atoms with Crippen LogP contribution < -0.4 is 4.90 Å². The molecule has 0 N–H and O–H groups in total. The highest BCUT2D eigenvalue weighted by atomic mass is 16.5. The van der Waals surface area contributed by atoms with Crippen molar-refractivity contribution in [1.29, 1.82) is 0 Å². The van der Waals surface area contributed by atoms with E-state index in [1.165, 1.54) is 29.4 Å². The fourth-order valence-electron chi connectivity index (χ4n) is 3.22. The molecular formula is C23H18N2O6. The van der Waals surface area contributed by atoms with Crippen molar-refractivity contribution in [2.24, 2.45) is 0 Å². The molecule has 1 aromatic heterocycles. The number of rotatable bonds is 6. The van der Waals surface area contributed by atoms with Crippen molar-refractivity contribution in [2.45, 2.75) is 6.54 Å². The second-order valence-corrected chi connectivity index (χ2v) is 6.90. The Morgan fingerprint density at radius 2 is 1.71 bits per heavy atom. The second-order valence-electron chi connectivity index (χ2n) is 6.90. The van der Waals surface area contributed by atoms with Gasteiger partial charge in [-0.15, -0.1) is 0 Å². The van der Waals surface area contributed by atoms with Crippen LogP contribution in [0.1, 0.15) is 36.8 Å². The number of hydrogen-bond acceptors (Lipinski definition) is 6. The molecule has 31 heavy (non-hydrogen) atoms. The number of ether oxygens (including phenoxy) is 1. The third-order valence-corrected chi connectivity index (χ3v) is 4.94. The lowest BCUT2D eigenvalue weighted by Crippen LogP contribution is -2.31. The molecule has 0 radical (unpaired) electrons. The fraction of sp³-hybridized carbons (Fsp3) is 0.130. The molecule has 1 aliphatic rings. The maximum atomic E-state index is 12.7. The number of para-hydroxylation sites is 1. The quantitative estimate of drug-likeness (QED) is 0.451. The first kappa shape index (κ1) is 20.1. The van der Waals surface area contributed by atoms with Gasteiger partial charge >= 0.3 is 5.97 Å². The summed E-state index contributed by atoms with van der Waals surface area (Å²) >= 11 is 0. The standard InChI is InChI=1S/C23H18N2O6/c1-24(16-6-3-2-4-7-16)20(26)14-31-23(29)15-9-10-18-19(12-15)22(28)25(21(18)27)13-17-8-5-11-30-17/h2-12H,13-14H2,1H3. The number of carbonyl (C=O) groups is 4. The van der Waals surface area contributed by atoms with Gasteiger partial charge in [0.05, 0.1) is 29.5 Å². The summed E-state index contributed by atoms with van der Waals surface area (Å²) in [7, 11) is 1.58. The molecule has 0 saturated heterocycles. The zero-order valence-corrected chi connectivity index (χ0v) is 16.6. The average Bonchev–Trinajstić information content (AvgIpc) is 3.40. The number of nitrogens with zero attached hydrogens (tertiary/aromatic N) is 2. The van der Waals surface area contributed by atoms with Gasteiger partial charge in [0, 0.05) is 12.7 Å². The molecule has 2 heterocycles. The van der Waals surface area contributed by atoms with Crippen LogP contribution in [0.2, 0.25) is 0 Å². The summed E-state index contributed by atoms with van der Waals surface area (Å²) in [6, 6.07) is 16.4. The highest BCUT2D eigenvalue weighted by Crippen LogP contribution is 2.26. The van der Waals surface area contributed by atoms with E-state index in [2.05, 4.69) is 0 Å². The van der Waals surface area contributed by atoms with E-state index in [9.17, 15) is 19.2 Å². The Bertz CT molecular complexity index is 1150. The molecule has 0 bridgehead atoms. The summed E-state index contributed by atoms with van der Waals surface area (Å²) in [6.45, 7) is -0.460.